The fraction of sp³-hybridized carbons (Fsp3) is 0.500. The van der Waals surface area contributed by atoms with Crippen molar-refractivity contribution in [2.45, 2.75) is 39.2 Å². The Hall–Kier alpha value is -1.51. The lowest BCUT2D eigenvalue weighted by Gasteiger charge is -2.06. The molecule has 0 atom stereocenters. The van der Waals surface area contributed by atoms with Crippen molar-refractivity contribution in [2.24, 2.45) is 0 Å². The molecule has 1 amide bonds. The Balaban J connectivity index is 2.05. The standard InChI is InChI=1S/C14H21NO2/c1-2-3-4-8-11-17-14(16)15-12-13-9-6-5-7-10-13/h5-7,9-10H,2-4,8,11-12H2,1H3,(H,15,16). The molecule has 3 nitrogen and oxygen atoms in total. The Morgan fingerprint density at radius 1 is 1.18 bits per heavy atom. The summed E-state index contributed by atoms with van der Waals surface area (Å²) in [5, 5.41) is 2.73. The van der Waals surface area contributed by atoms with Crippen LogP contribution in [0.25, 0.3) is 0 Å². The van der Waals surface area contributed by atoms with Gasteiger partial charge in [-0.3, -0.25) is 0 Å². The predicted molar refractivity (Wildman–Crippen MR) is 68.8 cm³/mol. The average molecular weight is 235 g/mol. The van der Waals surface area contributed by atoms with Crippen LogP contribution in [0.2, 0.25) is 0 Å². The Labute approximate surface area is 103 Å². The predicted octanol–water partition coefficient (Wildman–Crippen LogP) is 3.49. The van der Waals surface area contributed by atoms with Crippen LogP contribution in [0.1, 0.15) is 38.2 Å². The molecule has 17 heavy (non-hydrogen) atoms. The summed E-state index contributed by atoms with van der Waals surface area (Å²) in [6, 6.07) is 9.80. The monoisotopic (exact) mass is 235 g/mol. The molecule has 0 unspecified atom stereocenters. The minimum Gasteiger partial charge on any atom is -0.450 e. The number of hydrogen-bond donors (Lipinski definition) is 1. The van der Waals surface area contributed by atoms with E-state index < -0.39 is 0 Å². The summed E-state index contributed by atoms with van der Waals surface area (Å²) in [6.45, 7) is 3.20. The number of carbonyl (C=O) groups excluding carboxylic acids is 1. The first-order valence-corrected chi connectivity index (χ1v) is 6.27. The number of benzene rings is 1. The number of ether oxygens (including phenoxy) is 1. The topological polar surface area (TPSA) is 38.3 Å². The molecule has 0 bridgehead atoms. The second kappa shape index (κ2) is 8.62. The normalized spacial score (nSPS) is 9.94. The van der Waals surface area contributed by atoms with E-state index in [2.05, 4.69) is 12.2 Å². The highest BCUT2D eigenvalue weighted by molar-refractivity contribution is 5.67. The van der Waals surface area contributed by atoms with Crippen LogP contribution in [0.15, 0.2) is 30.3 Å². The van der Waals surface area contributed by atoms with Crippen LogP contribution in [0.3, 0.4) is 0 Å². The van der Waals surface area contributed by atoms with Gasteiger partial charge in [0.1, 0.15) is 0 Å². The molecule has 0 aliphatic carbocycles. The number of rotatable bonds is 7. The van der Waals surface area contributed by atoms with Crippen LogP contribution in [0.4, 0.5) is 4.79 Å². The fourth-order valence-electron chi connectivity index (χ4n) is 1.51. The molecule has 3 heteroatoms. The molecule has 0 aliphatic rings. The molecular formula is C14H21NO2. The molecule has 0 fully saturated rings. The van der Waals surface area contributed by atoms with Crippen molar-refractivity contribution in [3.05, 3.63) is 35.9 Å². The number of alkyl carbamates (subject to hydrolysis) is 1. The summed E-state index contributed by atoms with van der Waals surface area (Å²) in [5.74, 6) is 0. The van der Waals surface area contributed by atoms with Crippen LogP contribution < -0.4 is 5.32 Å². The van der Waals surface area contributed by atoms with Gasteiger partial charge in [0.15, 0.2) is 0 Å². The van der Waals surface area contributed by atoms with Gasteiger partial charge in [0, 0.05) is 6.54 Å². The molecule has 0 spiro atoms. The minimum atomic E-state index is -0.328. The van der Waals surface area contributed by atoms with Gasteiger partial charge in [-0.25, -0.2) is 4.79 Å². The molecule has 1 aromatic rings. The minimum absolute atomic E-state index is 0.328. The van der Waals surface area contributed by atoms with E-state index in [1.54, 1.807) is 0 Å². The molecule has 0 aliphatic heterocycles. The van der Waals surface area contributed by atoms with Gasteiger partial charge in [0.25, 0.3) is 0 Å². The highest BCUT2D eigenvalue weighted by atomic mass is 16.5. The third kappa shape index (κ3) is 6.61. The maximum atomic E-state index is 11.3. The summed E-state index contributed by atoms with van der Waals surface area (Å²) < 4.78 is 5.06. The highest BCUT2D eigenvalue weighted by Crippen LogP contribution is 2.00. The Kier molecular flexibility index (Phi) is 6.87. The first-order chi connectivity index (χ1) is 8.33. The summed E-state index contributed by atoms with van der Waals surface area (Å²) in [7, 11) is 0. The molecule has 0 aromatic heterocycles. The van der Waals surface area contributed by atoms with Crippen molar-refractivity contribution in [3.8, 4) is 0 Å². The van der Waals surface area contributed by atoms with Crippen molar-refractivity contribution < 1.29 is 9.53 Å². The van der Waals surface area contributed by atoms with Crippen LogP contribution in [0, 0.1) is 0 Å². The number of nitrogens with one attached hydrogen (secondary N) is 1. The third-order valence-electron chi connectivity index (χ3n) is 2.51. The molecule has 0 radical (unpaired) electrons. The maximum Gasteiger partial charge on any atom is 0.407 e. The van der Waals surface area contributed by atoms with Crippen LogP contribution >= 0.6 is 0 Å². The number of hydrogen-bond acceptors (Lipinski definition) is 2. The van der Waals surface area contributed by atoms with E-state index in [9.17, 15) is 4.79 Å². The van der Waals surface area contributed by atoms with Crippen molar-refractivity contribution in [3.63, 3.8) is 0 Å². The fourth-order valence-corrected chi connectivity index (χ4v) is 1.51. The SMILES string of the molecule is CCCCCCOC(=O)NCc1ccccc1. The van der Waals surface area contributed by atoms with Crippen LogP contribution in [-0.4, -0.2) is 12.7 Å². The number of unbranched alkanes of at least 4 members (excludes halogenated alkanes) is 3. The Morgan fingerprint density at radius 2 is 1.94 bits per heavy atom. The number of carbonyl (C=O) groups is 1. The Morgan fingerprint density at radius 3 is 2.65 bits per heavy atom. The van der Waals surface area contributed by atoms with Gasteiger partial charge in [0.2, 0.25) is 0 Å². The van der Waals surface area contributed by atoms with E-state index in [1.165, 1.54) is 12.8 Å². The second-order valence-electron chi connectivity index (χ2n) is 4.04. The van der Waals surface area contributed by atoms with Gasteiger partial charge >= 0.3 is 6.09 Å². The van der Waals surface area contributed by atoms with Gasteiger partial charge in [-0.15, -0.1) is 0 Å². The lowest BCUT2D eigenvalue weighted by atomic mass is 10.2. The van der Waals surface area contributed by atoms with E-state index >= 15 is 0 Å². The van der Waals surface area contributed by atoms with Crippen molar-refractivity contribution in [2.75, 3.05) is 6.61 Å². The van der Waals surface area contributed by atoms with Gasteiger partial charge in [-0.1, -0.05) is 56.5 Å². The molecule has 1 aromatic carbocycles. The van der Waals surface area contributed by atoms with Gasteiger partial charge in [-0.05, 0) is 12.0 Å². The van der Waals surface area contributed by atoms with Gasteiger partial charge < -0.3 is 10.1 Å². The molecule has 1 N–H and O–H groups in total. The third-order valence-corrected chi connectivity index (χ3v) is 2.51. The van der Waals surface area contributed by atoms with E-state index in [1.807, 2.05) is 30.3 Å². The first-order valence-electron chi connectivity index (χ1n) is 6.27. The lowest BCUT2D eigenvalue weighted by Crippen LogP contribution is -2.24. The summed E-state index contributed by atoms with van der Waals surface area (Å²) in [6.07, 6.45) is 4.15. The average Bonchev–Trinajstić information content (AvgIpc) is 2.37. The van der Waals surface area contributed by atoms with E-state index in [4.69, 9.17) is 4.74 Å². The quantitative estimate of drug-likeness (QED) is 0.735. The van der Waals surface area contributed by atoms with Crippen molar-refractivity contribution in [1.29, 1.82) is 0 Å². The molecule has 94 valence electrons. The summed E-state index contributed by atoms with van der Waals surface area (Å²) in [5.41, 5.74) is 1.08. The number of amides is 1. The molecule has 0 heterocycles. The summed E-state index contributed by atoms with van der Waals surface area (Å²) >= 11 is 0. The smallest absolute Gasteiger partial charge is 0.407 e. The second-order valence-corrected chi connectivity index (χ2v) is 4.04. The largest absolute Gasteiger partial charge is 0.450 e. The van der Waals surface area contributed by atoms with Gasteiger partial charge in [0.05, 0.1) is 6.61 Å². The zero-order chi connectivity index (χ0) is 12.3. The molecule has 0 saturated carbocycles. The van der Waals surface area contributed by atoms with E-state index in [0.717, 1.165) is 18.4 Å². The van der Waals surface area contributed by atoms with Gasteiger partial charge in [-0.2, -0.15) is 0 Å². The van der Waals surface area contributed by atoms with E-state index in [0.29, 0.717) is 13.2 Å². The highest BCUT2D eigenvalue weighted by Gasteiger charge is 2.00. The van der Waals surface area contributed by atoms with E-state index in [-0.39, 0.29) is 6.09 Å². The Bertz CT molecular complexity index is 311. The first kappa shape index (κ1) is 13.6. The maximum absolute atomic E-state index is 11.3. The summed E-state index contributed by atoms with van der Waals surface area (Å²) in [4.78, 5) is 11.3. The lowest BCUT2D eigenvalue weighted by molar-refractivity contribution is 0.143. The van der Waals surface area contributed by atoms with Crippen molar-refractivity contribution >= 4 is 6.09 Å². The zero-order valence-corrected chi connectivity index (χ0v) is 10.4. The molecule has 1 rings (SSSR count). The molecule has 0 saturated heterocycles. The zero-order valence-electron chi connectivity index (χ0n) is 10.4. The van der Waals surface area contributed by atoms with Crippen LogP contribution in [0.5, 0.6) is 0 Å². The van der Waals surface area contributed by atoms with Crippen LogP contribution in [-0.2, 0) is 11.3 Å². The molecular weight excluding hydrogens is 214 g/mol. The van der Waals surface area contributed by atoms with Crippen molar-refractivity contribution in [1.82, 2.24) is 5.32 Å².